The van der Waals surface area contributed by atoms with E-state index in [2.05, 4.69) is 24.1 Å². The number of nitrogens with one attached hydrogen (secondary N) is 1. The van der Waals surface area contributed by atoms with Crippen molar-refractivity contribution in [2.45, 2.75) is 39.7 Å². The third-order valence-electron chi connectivity index (χ3n) is 3.45. The van der Waals surface area contributed by atoms with Gasteiger partial charge in [-0.25, -0.2) is 4.79 Å². The summed E-state index contributed by atoms with van der Waals surface area (Å²) >= 11 is 0. The molecule has 0 aromatic carbocycles. The summed E-state index contributed by atoms with van der Waals surface area (Å²) in [5, 5.41) is 3.33. The topological polar surface area (TPSA) is 50.8 Å². The Kier molecular flexibility index (Phi) is 9.83. The quantitative estimate of drug-likeness (QED) is 0.575. The summed E-state index contributed by atoms with van der Waals surface area (Å²) in [6.07, 6.45) is 0.651. The number of nitrogens with zero attached hydrogens (tertiary/aromatic N) is 1. The van der Waals surface area contributed by atoms with Gasteiger partial charge in [0.25, 0.3) is 0 Å². The van der Waals surface area contributed by atoms with Crippen LogP contribution in [0.2, 0.25) is 0 Å². The van der Waals surface area contributed by atoms with Crippen molar-refractivity contribution in [3.63, 3.8) is 0 Å². The van der Waals surface area contributed by atoms with Gasteiger partial charge in [-0.15, -0.1) is 0 Å². The fraction of sp³-hybridized carbons (Fsp3) is 0.929. The second-order valence-electron chi connectivity index (χ2n) is 4.54. The molecule has 0 fully saturated rings. The number of ether oxygens (including phenoxy) is 2. The highest BCUT2D eigenvalue weighted by Crippen LogP contribution is 2.13. The molecule has 1 N–H and O–H groups in total. The third-order valence-corrected chi connectivity index (χ3v) is 3.45. The van der Waals surface area contributed by atoms with E-state index in [1.807, 2.05) is 13.8 Å². The number of carbonyl (C=O) groups excluding carboxylic acids is 1. The predicted molar refractivity (Wildman–Crippen MR) is 77.3 cm³/mol. The Labute approximate surface area is 117 Å². The zero-order valence-electron chi connectivity index (χ0n) is 13.1. The number of methoxy groups -OCH3 is 1. The van der Waals surface area contributed by atoms with Gasteiger partial charge < -0.3 is 14.4 Å². The Balaban J connectivity index is 4.53. The molecule has 0 aliphatic heterocycles. The Morgan fingerprint density at radius 1 is 1.21 bits per heavy atom. The monoisotopic (exact) mass is 274 g/mol. The van der Waals surface area contributed by atoms with Gasteiger partial charge in [0, 0.05) is 20.2 Å². The highest BCUT2D eigenvalue weighted by atomic mass is 16.5. The van der Waals surface area contributed by atoms with Crippen molar-refractivity contribution < 1.29 is 14.3 Å². The SMILES string of the molecule is CCOC(=O)C(CC)(COC)NCCN(CC)CC. The number of hydrogen-bond acceptors (Lipinski definition) is 5. The minimum atomic E-state index is -0.724. The van der Waals surface area contributed by atoms with Crippen LogP contribution < -0.4 is 5.32 Å². The summed E-state index contributed by atoms with van der Waals surface area (Å²) in [5.74, 6) is -0.223. The first-order valence-electron chi connectivity index (χ1n) is 7.23. The first-order chi connectivity index (χ1) is 9.10. The summed E-state index contributed by atoms with van der Waals surface area (Å²) in [6.45, 7) is 12.5. The van der Waals surface area contributed by atoms with Crippen molar-refractivity contribution in [1.82, 2.24) is 10.2 Å². The molecule has 114 valence electrons. The van der Waals surface area contributed by atoms with Crippen LogP contribution in [-0.2, 0) is 14.3 Å². The second kappa shape index (κ2) is 10.2. The molecule has 1 unspecified atom stereocenters. The third kappa shape index (κ3) is 5.89. The van der Waals surface area contributed by atoms with Crippen molar-refractivity contribution in [2.24, 2.45) is 0 Å². The zero-order valence-corrected chi connectivity index (χ0v) is 13.1. The van der Waals surface area contributed by atoms with E-state index in [-0.39, 0.29) is 5.97 Å². The fourth-order valence-electron chi connectivity index (χ4n) is 2.06. The van der Waals surface area contributed by atoms with E-state index in [0.29, 0.717) is 19.6 Å². The molecule has 0 saturated carbocycles. The molecule has 5 nitrogen and oxygen atoms in total. The molecule has 0 spiro atoms. The van der Waals surface area contributed by atoms with E-state index in [0.717, 1.165) is 26.2 Å². The second-order valence-corrected chi connectivity index (χ2v) is 4.54. The molecule has 0 heterocycles. The minimum Gasteiger partial charge on any atom is -0.465 e. The fourth-order valence-corrected chi connectivity index (χ4v) is 2.06. The maximum absolute atomic E-state index is 12.1. The van der Waals surface area contributed by atoms with Crippen LogP contribution in [0.25, 0.3) is 0 Å². The zero-order chi connectivity index (χ0) is 14.7. The van der Waals surface area contributed by atoms with E-state index < -0.39 is 5.54 Å². The smallest absolute Gasteiger partial charge is 0.328 e. The Morgan fingerprint density at radius 2 is 1.84 bits per heavy atom. The lowest BCUT2D eigenvalue weighted by Crippen LogP contribution is -2.57. The minimum absolute atomic E-state index is 0.223. The molecule has 0 saturated heterocycles. The largest absolute Gasteiger partial charge is 0.465 e. The van der Waals surface area contributed by atoms with E-state index in [9.17, 15) is 4.79 Å². The molecule has 0 aliphatic rings. The van der Waals surface area contributed by atoms with Crippen molar-refractivity contribution in [2.75, 3.05) is 46.5 Å². The Bertz CT molecular complexity index is 245. The first-order valence-corrected chi connectivity index (χ1v) is 7.23. The molecule has 1 atom stereocenters. The van der Waals surface area contributed by atoms with Crippen LogP contribution in [0.15, 0.2) is 0 Å². The number of hydrogen-bond donors (Lipinski definition) is 1. The lowest BCUT2D eigenvalue weighted by Gasteiger charge is -2.31. The van der Waals surface area contributed by atoms with Crippen LogP contribution in [-0.4, -0.2) is 62.9 Å². The Morgan fingerprint density at radius 3 is 2.26 bits per heavy atom. The van der Waals surface area contributed by atoms with Gasteiger partial charge in [0.2, 0.25) is 0 Å². The van der Waals surface area contributed by atoms with Crippen molar-refractivity contribution in [1.29, 1.82) is 0 Å². The van der Waals surface area contributed by atoms with Crippen molar-refractivity contribution in [3.05, 3.63) is 0 Å². The maximum Gasteiger partial charge on any atom is 0.328 e. The van der Waals surface area contributed by atoms with E-state index >= 15 is 0 Å². The van der Waals surface area contributed by atoms with Crippen LogP contribution in [0.1, 0.15) is 34.1 Å². The molecule has 5 heteroatoms. The Hall–Kier alpha value is -0.650. The normalized spacial score (nSPS) is 14.4. The lowest BCUT2D eigenvalue weighted by atomic mass is 9.97. The molecular weight excluding hydrogens is 244 g/mol. The number of likely N-dealkylation sites (N-methyl/N-ethyl adjacent to an activating group) is 1. The highest BCUT2D eigenvalue weighted by molar-refractivity contribution is 5.81. The molecule has 0 aromatic rings. The van der Waals surface area contributed by atoms with Gasteiger partial charge in [0.05, 0.1) is 13.2 Å². The first kappa shape index (κ1) is 18.4. The number of esters is 1. The van der Waals surface area contributed by atoms with Gasteiger partial charge in [0.15, 0.2) is 0 Å². The summed E-state index contributed by atoms with van der Waals surface area (Å²) < 4.78 is 10.4. The van der Waals surface area contributed by atoms with Crippen LogP contribution in [0, 0.1) is 0 Å². The molecule has 0 bridgehead atoms. The molecule has 0 amide bonds. The van der Waals surface area contributed by atoms with Gasteiger partial charge >= 0.3 is 5.97 Å². The predicted octanol–water partition coefficient (Wildman–Crippen LogP) is 1.28. The average molecular weight is 274 g/mol. The van der Waals surface area contributed by atoms with E-state index in [4.69, 9.17) is 9.47 Å². The summed E-state index contributed by atoms with van der Waals surface area (Å²) in [4.78, 5) is 14.4. The van der Waals surface area contributed by atoms with E-state index in [1.54, 1.807) is 7.11 Å². The van der Waals surface area contributed by atoms with Gasteiger partial charge in [-0.2, -0.15) is 0 Å². The van der Waals surface area contributed by atoms with Crippen molar-refractivity contribution in [3.8, 4) is 0 Å². The summed E-state index contributed by atoms with van der Waals surface area (Å²) in [6, 6.07) is 0. The summed E-state index contributed by atoms with van der Waals surface area (Å²) in [7, 11) is 1.61. The lowest BCUT2D eigenvalue weighted by molar-refractivity contribution is -0.154. The van der Waals surface area contributed by atoms with Crippen molar-refractivity contribution >= 4 is 5.97 Å². The van der Waals surface area contributed by atoms with Crippen LogP contribution >= 0.6 is 0 Å². The average Bonchev–Trinajstić information content (AvgIpc) is 2.42. The van der Waals surface area contributed by atoms with Crippen LogP contribution in [0.4, 0.5) is 0 Å². The number of carbonyl (C=O) groups is 1. The summed E-state index contributed by atoms with van der Waals surface area (Å²) in [5.41, 5.74) is -0.724. The molecule has 0 radical (unpaired) electrons. The maximum atomic E-state index is 12.1. The molecular formula is C14H30N2O3. The molecule has 0 rings (SSSR count). The van der Waals surface area contributed by atoms with E-state index in [1.165, 1.54) is 0 Å². The number of rotatable bonds is 11. The van der Waals surface area contributed by atoms with Gasteiger partial charge in [-0.3, -0.25) is 5.32 Å². The van der Waals surface area contributed by atoms with Crippen LogP contribution in [0.5, 0.6) is 0 Å². The highest BCUT2D eigenvalue weighted by Gasteiger charge is 2.37. The van der Waals surface area contributed by atoms with Crippen LogP contribution in [0.3, 0.4) is 0 Å². The van der Waals surface area contributed by atoms with Gasteiger partial charge in [-0.1, -0.05) is 20.8 Å². The molecule has 0 aliphatic carbocycles. The standard InChI is InChI=1S/C14H30N2O3/c1-6-14(12-18-5,13(17)19-9-4)15-10-11-16(7-2)8-3/h15H,6-12H2,1-5H3. The van der Waals surface area contributed by atoms with Gasteiger partial charge in [0.1, 0.15) is 5.54 Å². The van der Waals surface area contributed by atoms with Gasteiger partial charge in [-0.05, 0) is 26.4 Å². The molecule has 19 heavy (non-hydrogen) atoms. The molecule has 0 aromatic heterocycles.